The summed E-state index contributed by atoms with van der Waals surface area (Å²) >= 11 is 0. The van der Waals surface area contributed by atoms with Crippen molar-refractivity contribution < 1.29 is 4.74 Å². The van der Waals surface area contributed by atoms with Crippen LogP contribution in [0.4, 0.5) is 0 Å². The van der Waals surface area contributed by atoms with Gasteiger partial charge in [0.1, 0.15) is 5.54 Å². The van der Waals surface area contributed by atoms with Crippen LogP contribution in [0, 0.1) is 17.2 Å². The van der Waals surface area contributed by atoms with Crippen LogP contribution in [0.3, 0.4) is 0 Å². The van der Waals surface area contributed by atoms with Crippen LogP contribution in [0.2, 0.25) is 0 Å². The molecule has 0 radical (unpaired) electrons. The van der Waals surface area contributed by atoms with Crippen molar-refractivity contribution in [3.8, 4) is 6.07 Å². The van der Waals surface area contributed by atoms with E-state index >= 15 is 0 Å². The molecule has 3 nitrogen and oxygen atoms in total. The van der Waals surface area contributed by atoms with E-state index in [0.717, 1.165) is 13.0 Å². The molecule has 3 heteroatoms. The minimum Gasteiger partial charge on any atom is -0.378 e. The molecular weight excluding hydrogens is 200 g/mol. The second-order valence-electron chi connectivity index (χ2n) is 5.30. The van der Waals surface area contributed by atoms with Gasteiger partial charge in [0, 0.05) is 6.61 Å². The Kier molecular flexibility index (Phi) is 5.24. The maximum Gasteiger partial charge on any atom is 0.101 e. The quantitative estimate of drug-likeness (QED) is 0.730. The van der Waals surface area contributed by atoms with E-state index in [1.807, 2.05) is 0 Å². The lowest BCUT2D eigenvalue weighted by Crippen LogP contribution is -2.34. The Hall–Kier alpha value is -0.590. The summed E-state index contributed by atoms with van der Waals surface area (Å²) in [7, 11) is 0. The Bertz CT molecular complexity index is 245. The van der Waals surface area contributed by atoms with Gasteiger partial charge in [-0.15, -0.1) is 0 Å². The molecule has 3 atom stereocenters. The number of hydrogen-bond acceptors (Lipinski definition) is 3. The van der Waals surface area contributed by atoms with Crippen molar-refractivity contribution >= 4 is 0 Å². The zero-order chi connectivity index (χ0) is 12.0. The fourth-order valence-electron chi connectivity index (χ4n) is 2.26. The molecule has 0 aromatic carbocycles. The fourth-order valence-corrected chi connectivity index (χ4v) is 2.26. The Morgan fingerprint density at radius 2 is 2.12 bits per heavy atom. The largest absolute Gasteiger partial charge is 0.378 e. The maximum absolute atomic E-state index is 8.77. The average molecular weight is 224 g/mol. The number of nitrogens with zero attached hydrogens (tertiary/aromatic N) is 1. The van der Waals surface area contributed by atoms with Crippen LogP contribution in [0.15, 0.2) is 0 Å². The summed E-state index contributed by atoms with van der Waals surface area (Å²) in [6.45, 7) is 4.78. The summed E-state index contributed by atoms with van der Waals surface area (Å²) in [4.78, 5) is 0. The molecule has 1 rings (SSSR count). The highest BCUT2D eigenvalue weighted by Gasteiger charge is 2.22. The molecule has 2 N–H and O–H groups in total. The summed E-state index contributed by atoms with van der Waals surface area (Å²) < 4.78 is 5.87. The number of rotatable bonds is 5. The third-order valence-electron chi connectivity index (χ3n) is 3.46. The molecule has 0 heterocycles. The molecule has 0 spiro atoms. The van der Waals surface area contributed by atoms with Crippen molar-refractivity contribution in [2.24, 2.45) is 11.7 Å². The molecule has 0 aromatic heterocycles. The Labute approximate surface area is 99.0 Å². The van der Waals surface area contributed by atoms with Gasteiger partial charge >= 0.3 is 0 Å². The monoisotopic (exact) mass is 224 g/mol. The van der Waals surface area contributed by atoms with E-state index in [9.17, 15) is 0 Å². The van der Waals surface area contributed by atoms with Gasteiger partial charge in [0.25, 0.3) is 0 Å². The van der Waals surface area contributed by atoms with Crippen LogP contribution in [0.5, 0.6) is 0 Å². The number of ether oxygens (including phenoxy) is 1. The van der Waals surface area contributed by atoms with Gasteiger partial charge in [0.2, 0.25) is 0 Å². The van der Waals surface area contributed by atoms with Crippen molar-refractivity contribution in [1.29, 1.82) is 5.26 Å². The summed E-state index contributed by atoms with van der Waals surface area (Å²) in [6.07, 6.45) is 7.14. The van der Waals surface area contributed by atoms with E-state index in [-0.39, 0.29) is 0 Å². The highest BCUT2D eigenvalue weighted by Crippen LogP contribution is 2.26. The van der Waals surface area contributed by atoms with E-state index in [0.29, 0.717) is 18.4 Å². The fraction of sp³-hybridized carbons (Fsp3) is 0.923. The van der Waals surface area contributed by atoms with Crippen molar-refractivity contribution in [1.82, 2.24) is 0 Å². The Balaban J connectivity index is 2.13. The SMILES string of the molecule is CC1CCCCC1OCCCC(C)(N)C#N. The molecule has 1 saturated carbocycles. The molecule has 0 aromatic rings. The first-order valence-electron chi connectivity index (χ1n) is 6.37. The molecule has 16 heavy (non-hydrogen) atoms. The molecule has 1 fully saturated rings. The molecule has 0 bridgehead atoms. The summed E-state index contributed by atoms with van der Waals surface area (Å²) in [5.74, 6) is 0.689. The Morgan fingerprint density at radius 3 is 2.75 bits per heavy atom. The third-order valence-corrected chi connectivity index (χ3v) is 3.46. The average Bonchev–Trinajstić information content (AvgIpc) is 2.27. The molecule has 92 valence electrons. The Morgan fingerprint density at radius 1 is 1.44 bits per heavy atom. The lowest BCUT2D eigenvalue weighted by atomic mass is 9.88. The van der Waals surface area contributed by atoms with Crippen LogP contribution < -0.4 is 5.73 Å². The lowest BCUT2D eigenvalue weighted by Gasteiger charge is -2.29. The molecule has 1 aliphatic rings. The third kappa shape index (κ3) is 4.51. The maximum atomic E-state index is 8.77. The van der Waals surface area contributed by atoms with E-state index in [1.54, 1.807) is 6.92 Å². The summed E-state index contributed by atoms with van der Waals surface area (Å²) in [5.41, 5.74) is 5.05. The van der Waals surface area contributed by atoms with Crippen molar-refractivity contribution in [2.45, 2.75) is 64.0 Å². The van der Waals surface area contributed by atoms with E-state index in [2.05, 4.69) is 13.0 Å². The van der Waals surface area contributed by atoms with Gasteiger partial charge in [0.05, 0.1) is 12.2 Å². The first-order chi connectivity index (χ1) is 7.55. The van der Waals surface area contributed by atoms with Gasteiger partial charge in [-0.2, -0.15) is 5.26 Å². The lowest BCUT2D eigenvalue weighted by molar-refractivity contribution is -0.00727. The summed E-state index contributed by atoms with van der Waals surface area (Å²) in [5, 5.41) is 8.77. The molecule has 3 unspecified atom stereocenters. The van der Waals surface area contributed by atoms with Gasteiger partial charge in [-0.1, -0.05) is 19.8 Å². The van der Waals surface area contributed by atoms with Gasteiger partial charge in [0.15, 0.2) is 0 Å². The number of hydrogen-bond donors (Lipinski definition) is 1. The van der Waals surface area contributed by atoms with Crippen LogP contribution in [0.25, 0.3) is 0 Å². The molecule has 0 amide bonds. The predicted octanol–water partition coefficient (Wildman–Crippen LogP) is 2.60. The topological polar surface area (TPSA) is 59.0 Å². The standard InChI is InChI=1S/C13H24N2O/c1-11-6-3-4-7-12(11)16-9-5-8-13(2,15)10-14/h11-12H,3-9,15H2,1-2H3. The molecule has 1 aliphatic carbocycles. The normalized spacial score (nSPS) is 29.4. The van der Waals surface area contributed by atoms with Crippen LogP contribution in [0.1, 0.15) is 52.4 Å². The van der Waals surface area contributed by atoms with E-state index in [1.165, 1.54) is 25.7 Å². The second-order valence-corrected chi connectivity index (χ2v) is 5.30. The highest BCUT2D eigenvalue weighted by atomic mass is 16.5. The van der Waals surface area contributed by atoms with Gasteiger partial charge in [-0.25, -0.2) is 0 Å². The smallest absolute Gasteiger partial charge is 0.101 e. The highest BCUT2D eigenvalue weighted by molar-refractivity contribution is 5.00. The first-order valence-corrected chi connectivity index (χ1v) is 6.37. The van der Waals surface area contributed by atoms with E-state index < -0.39 is 5.54 Å². The zero-order valence-electron chi connectivity index (χ0n) is 10.5. The van der Waals surface area contributed by atoms with Crippen molar-refractivity contribution in [3.63, 3.8) is 0 Å². The molecule has 0 aliphatic heterocycles. The molecule has 0 saturated heterocycles. The number of nitrogens with two attached hydrogens (primary N) is 1. The minimum absolute atomic E-state index is 0.430. The van der Waals surface area contributed by atoms with Gasteiger partial charge < -0.3 is 10.5 Å². The summed E-state index contributed by atoms with van der Waals surface area (Å²) in [6, 6.07) is 2.11. The number of nitriles is 1. The predicted molar refractivity (Wildman–Crippen MR) is 64.8 cm³/mol. The van der Waals surface area contributed by atoms with Crippen LogP contribution >= 0.6 is 0 Å². The van der Waals surface area contributed by atoms with Gasteiger partial charge in [-0.3, -0.25) is 0 Å². The first kappa shape index (κ1) is 13.5. The van der Waals surface area contributed by atoms with Crippen LogP contribution in [-0.2, 0) is 4.74 Å². The van der Waals surface area contributed by atoms with Crippen molar-refractivity contribution in [2.75, 3.05) is 6.61 Å². The van der Waals surface area contributed by atoms with Crippen LogP contribution in [-0.4, -0.2) is 18.2 Å². The van der Waals surface area contributed by atoms with Gasteiger partial charge in [-0.05, 0) is 38.5 Å². The minimum atomic E-state index is -0.693. The second kappa shape index (κ2) is 6.22. The molecular formula is C13H24N2O. The van der Waals surface area contributed by atoms with Crippen molar-refractivity contribution in [3.05, 3.63) is 0 Å². The van der Waals surface area contributed by atoms with E-state index in [4.69, 9.17) is 15.7 Å². The zero-order valence-corrected chi connectivity index (χ0v) is 10.5.